The van der Waals surface area contributed by atoms with Crippen molar-refractivity contribution >= 4 is 11.7 Å². The maximum atomic E-state index is 13.5. The third-order valence-electron chi connectivity index (χ3n) is 8.45. The highest BCUT2D eigenvalue weighted by molar-refractivity contribution is 5.86. The number of aliphatic hydroxyl groups is 1. The van der Waals surface area contributed by atoms with Crippen LogP contribution in [0.1, 0.15) is 31.7 Å². The molecular formula is C22H28N2O4. The number of nitrogens with zero attached hydrogens (tertiary/aromatic N) is 2. The summed E-state index contributed by atoms with van der Waals surface area (Å²) in [5, 5.41) is 21.3. The first-order valence-corrected chi connectivity index (χ1v) is 10.1. The van der Waals surface area contributed by atoms with E-state index in [1.165, 1.54) is 12.7 Å². The Morgan fingerprint density at radius 2 is 2.18 bits per heavy atom. The smallest absolute Gasteiger partial charge is 0.315 e. The zero-order valence-electron chi connectivity index (χ0n) is 16.7. The quantitative estimate of drug-likeness (QED) is 0.600. The Morgan fingerprint density at radius 3 is 2.86 bits per heavy atom. The van der Waals surface area contributed by atoms with Crippen molar-refractivity contribution in [3.05, 3.63) is 35.4 Å². The molecule has 28 heavy (non-hydrogen) atoms. The highest BCUT2D eigenvalue weighted by atomic mass is 16.5. The summed E-state index contributed by atoms with van der Waals surface area (Å²) in [6.07, 6.45) is 4.63. The second kappa shape index (κ2) is 5.51. The summed E-state index contributed by atoms with van der Waals surface area (Å²) >= 11 is 0. The van der Waals surface area contributed by atoms with Crippen LogP contribution < -0.4 is 4.90 Å². The summed E-state index contributed by atoms with van der Waals surface area (Å²) in [6.45, 7) is 3.41. The topological polar surface area (TPSA) is 73.2 Å². The third kappa shape index (κ3) is 1.56. The van der Waals surface area contributed by atoms with Gasteiger partial charge in [-0.3, -0.25) is 9.69 Å². The molecule has 5 atom stereocenters. The number of hydrogen-bond donors (Lipinski definition) is 2. The number of hydrogen-bond acceptors (Lipinski definition) is 6. The average molecular weight is 384 g/mol. The molecule has 6 rings (SSSR count). The Morgan fingerprint density at radius 1 is 1.39 bits per heavy atom. The lowest BCUT2D eigenvalue weighted by Crippen LogP contribution is -2.72. The Bertz CT molecular complexity index is 899. The molecule has 4 aliphatic heterocycles. The number of phenolic OH excluding ortho intramolecular Hbond substituents is 1. The molecule has 0 radical (unpaired) electrons. The molecule has 4 heterocycles. The highest BCUT2D eigenvalue weighted by Crippen LogP contribution is 2.74. The third-order valence-corrected chi connectivity index (χ3v) is 8.45. The number of aliphatic hydroxyl groups excluding tert-OH is 1. The van der Waals surface area contributed by atoms with Gasteiger partial charge in [-0.2, -0.15) is 0 Å². The van der Waals surface area contributed by atoms with Gasteiger partial charge in [-0.1, -0.05) is 11.6 Å². The van der Waals surface area contributed by atoms with Crippen LogP contribution in [-0.4, -0.2) is 60.6 Å². The lowest BCUT2D eigenvalue weighted by Gasteiger charge is -2.59. The molecule has 6 nitrogen and oxygen atoms in total. The van der Waals surface area contributed by atoms with Crippen molar-refractivity contribution in [3.63, 3.8) is 0 Å². The van der Waals surface area contributed by atoms with Gasteiger partial charge in [-0.15, -0.1) is 0 Å². The largest absolute Gasteiger partial charge is 0.508 e. The molecule has 1 aliphatic carbocycles. The molecule has 0 aromatic heterocycles. The molecule has 5 unspecified atom stereocenters. The average Bonchev–Trinajstić information content (AvgIpc) is 3.04. The maximum Gasteiger partial charge on any atom is 0.315 e. The Kier molecular flexibility index (Phi) is 3.55. The molecule has 6 heteroatoms. The summed E-state index contributed by atoms with van der Waals surface area (Å²) in [5.41, 5.74) is 1.12. The van der Waals surface area contributed by atoms with Crippen LogP contribution in [0.25, 0.3) is 0 Å². The number of methoxy groups -OCH3 is 1. The minimum absolute atomic E-state index is 0.0740. The van der Waals surface area contributed by atoms with Crippen molar-refractivity contribution in [3.8, 4) is 5.75 Å². The Hall–Kier alpha value is -2.05. The lowest BCUT2D eigenvalue weighted by molar-refractivity contribution is -0.175. The second-order valence-corrected chi connectivity index (χ2v) is 8.73. The maximum absolute atomic E-state index is 13.5. The molecule has 150 valence electrons. The number of likely N-dealkylation sites (N-methyl/N-ethyl adjacent to an activating group) is 1. The number of benzene rings is 1. The van der Waals surface area contributed by atoms with Gasteiger partial charge in [-0.05, 0) is 49.9 Å². The predicted octanol–water partition coefficient (Wildman–Crippen LogP) is 2.00. The Labute approximate surface area is 165 Å². The number of carbonyl (C=O) groups is 1. The van der Waals surface area contributed by atoms with Gasteiger partial charge >= 0.3 is 5.97 Å². The van der Waals surface area contributed by atoms with Crippen LogP contribution in [-0.2, 0) is 14.9 Å². The van der Waals surface area contributed by atoms with Crippen LogP contribution in [0.5, 0.6) is 5.75 Å². The van der Waals surface area contributed by atoms with E-state index in [0.29, 0.717) is 0 Å². The molecule has 0 amide bonds. The predicted molar refractivity (Wildman–Crippen MR) is 105 cm³/mol. The van der Waals surface area contributed by atoms with E-state index in [4.69, 9.17) is 4.74 Å². The van der Waals surface area contributed by atoms with Crippen molar-refractivity contribution in [2.75, 3.05) is 38.8 Å². The van der Waals surface area contributed by atoms with E-state index in [0.717, 1.165) is 43.6 Å². The van der Waals surface area contributed by atoms with Crippen molar-refractivity contribution in [1.82, 2.24) is 4.90 Å². The molecule has 3 saturated heterocycles. The summed E-state index contributed by atoms with van der Waals surface area (Å²) in [4.78, 5) is 18.3. The molecule has 2 N–H and O–H groups in total. The van der Waals surface area contributed by atoms with Gasteiger partial charge in [0, 0.05) is 31.7 Å². The molecule has 5 aliphatic rings. The van der Waals surface area contributed by atoms with Crippen LogP contribution in [0.15, 0.2) is 29.8 Å². The van der Waals surface area contributed by atoms with Gasteiger partial charge in [0.15, 0.2) is 0 Å². The zero-order valence-corrected chi connectivity index (χ0v) is 16.7. The minimum atomic E-state index is -1.07. The van der Waals surface area contributed by atoms with E-state index in [9.17, 15) is 15.0 Å². The van der Waals surface area contributed by atoms with E-state index >= 15 is 0 Å². The van der Waals surface area contributed by atoms with Crippen LogP contribution in [0.2, 0.25) is 0 Å². The van der Waals surface area contributed by atoms with Crippen molar-refractivity contribution < 1.29 is 19.7 Å². The van der Waals surface area contributed by atoms with Crippen LogP contribution >= 0.6 is 0 Å². The summed E-state index contributed by atoms with van der Waals surface area (Å²) < 4.78 is 5.39. The van der Waals surface area contributed by atoms with Crippen molar-refractivity contribution in [1.29, 1.82) is 0 Å². The first kappa shape index (κ1) is 18.0. The van der Waals surface area contributed by atoms with Crippen LogP contribution in [0.3, 0.4) is 0 Å². The molecule has 1 saturated carbocycles. The number of rotatable bonds is 2. The fourth-order valence-corrected chi connectivity index (χ4v) is 7.56. The monoisotopic (exact) mass is 384 g/mol. The van der Waals surface area contributed by atoms with Crippen molar-refractivity contribution in [2.45, 2.75) is 37.3 Å². The van der Waals surface area contributed by atoms with Crippen LogP contribution in [0, 0.1) is 11.3 Å². The van der Waals surface area contributed by atoms with Gasteiger partial charge in [0.25, 0.3) is 0 Å². The number of allylic oxidation sites excluding steroid dienone is 1. The number of anilines is 1. The lowest BCUT2D eigenvalue weighted by atomic mass is 9.46. The molecule has 1 aromatic carbocycles. The van der Waals surface area contributed by atoms with Gasteiger partial charge < -0.3 is 19.8 Å². The first-order valence-electron chi connectivity index (χ1n) is 10.1. The molecule has 4 fully saturated rings. The standard InChI is InChI=1S/C22H28N2O4/c1-4-14-12-24-10-9-21-17-11-15(26)5-6-18(17)23(2)22(21,24)8-7-16(14)20(21,13-25)19(27)28-3/h4-6,11,16,25-26H,7-10,12-13H2,1-3H3. The number of fused-ring (bicyclic) bond motifs is 3. The van der Waals surface area contributed by atoms with E-state index < -0.39 is 16.5 Å². The molecule has 4 bridgehead atoms. The molecule has 1 spiro atoms. The van der Waals surface area contributed by atoms with Gasteiger partial charge in [0.1, 0.15) is 16.8 Å². The molecule has 1 aromatic rings. The van der Waals surface area contributed by atoms with Crippen molar-refractivity contribution in [2.24, 2.45) is 11.3 Å². The number of carbonyl (C=O) groups excluding carboxylic acids is 1. The summed E-state index contributed by atoms with van der Waals surface area (Å²) in [6, 6.07) is 5.47. The number of ether oxygens (including phenoxy) is 1. The highest BCUT2D eigenvalue weighted by Gasteiger charge is 2.81. The minimum Gasteiger partial charge on any atom is -0.508 e. The van der Waals surface area contributed by atoms with Crippen LogP contribution in [0.4, 0.5) is 5.69 Å². The summed E-state index contributed by atoms with van der Waals surface area (Å²) in [5.74, 6) is -0.216. The summed E-state index contributed by atoms with van der Waals surface area (Å²) in [7, 11) is 3.52. The second-order valence-electron chi connectivity index (χ2n) is 8.73. The normalized spacial score (nSPS) is 41.7. The number of aromatic hydroxyl groups is 1. The first-order chi connectivity index (χ1) is 13.4. The fourth-order valence-electron chi connectivity index (χ4n) is 7.56. The number of esters is 1. The zero-order chi connectivity index (χ0) is 19.9. The number of phenols is 1. The van der Waals surface area contributed by atoms with Gasteiger partial charge in [-0.25, -0.2) is 0 Å². The van der Waals surface area contributed by atoms with Gasteiger partial charge in [0.2, 0.25) is 0 Å². The fraction of sp³-hybridized carbons (Fsp3) is 0.591. The Balaban J connectivity index is 1.94. The van der Waals surface area contributed by atoms with Gasteiger partial charge in [0.05, 0.1) is 19.1 Å². The molecular weight excluding hydrogens is 356 g/mol. The SMILES string of the molecule is CC=C1CN2CCC34c5cc(O)ccc5N(C)C23CCC1C4(CO)C(=O)OC. The van der Waals surface area contributed by atoms with E-state index in [1.807, 2.05) is 19.1 Å². The van der Waals surface area contributed by atoms with E-state index in [-0.39, 0.29) is 24.2 Å². The van der Waals surface area contributed by atoms with E-state index in [1.54, 1.807) is 6.07 Å². The van der Waals surface area contributed by atoms with E-state index in [2.05, 4.69) is 22.9 Å².